The largest absolute Gasteiger partial charge is 0.477 e. The maximum Gasteiger partial charge on any atom is 0.352 e. The second-order valence-electron chi connectivity index (χ2n) is 4.58. The molecule has 1 atom stereocenters. The fraction of sp³-hybridized carbons (Fsp3) is 0.200. The van der Waals surface area contributed by atoms with Crippen LogP contribution in [0.3, 0.4) is 0 Å². The van der Waals surface area contributed by atoms with E-state index in [2.05, 4.69) is 0 Å². The van der Waals surface area contributed by atoms with Gasteiger partial charge in [-0.15, -0.1) is 0 Å². The number of aromatic carboxylic acids is 1. The number of nitrogens with zero attached hydrogens (tertiary/aromatic N) is 1. The van der Waals surface area contributed by atoms with Crippen molar-refractivity contribution in [2.45, 2.75) is 19.9 Å². The minimum Gasteiger partial charge on any atom is -0.477 e. The molecule has 1 aromatic carbocycles. The lowest BCUT2D eigenvalue weighted by atomic mass is 10.1. The van der Waals surface area contributed by atoms with Crippen molar-refractivity contribution in [3.63, 3.8) is 0 Å². The second-order valence-corrected chi connectivity index (χ2v) is 4.58. The molecule has 1 heterocycles. The minimum absolute atomic E-state index is 0.0362. The van der Waals surface area contributed by atoms with Gasteiger partial charge in [0.25, 0.3) is 0 Å². The van der Waals surface area contributed by atoms with E-state index in [0.29, 0.717) is 11.1 Å². The third-order valence-corrected chi connectivity index (χ3v) is 3.25. The molecule has 1 unspecified atom stereocenters. The average molecular weight is 275 g/mol. The Balaban J connectivity index is 2.54. The molecule has 4 nitrogen and oxygen atoms in total. The Bertz CT molecular complexity index is 676. The van der Waals surface area contributed by atoms with Crippen LogP contribution in [-0.4, -0.2) is 21.4 Å². The number of carboxylic acids is 1. The third kappa shape index (κ3) is 2.47. The molecule has 104 valence electrons. The summed E-state index contributed by atoms with van der Waals surface area (Å²) >= 11 is 0. The lowest BCUT2D eigenvalue weighted by Crippen LogP contribution is -2.14. The Morgan fingerprint density at radius 2 is 1.95 bits per heavy atom. The molecule has 0 amide bonds. The quantitative estimate of drug-likeness (QED) is 0.872. The standard InChI is InChI=1S/C15H14FNO3/c1-9(12-5-3-4-6-13(12)16)17-8-11(10(2)18)7-14(17)15(19)20/h3-9H,1-2H3,(H,19,20). The van der Waals surface area contributed by atoms with Gasteiger partial charge < -0.3 is 9.67 Å². The number of rotatable bonds is 4. The molecule has 0 bridgehead atoms. The number of carboxylic acid groups (broad SMARTS) is 1. The molecule has 1 N–H and O–H groups in total. The van der Waals surface area contributed by atoms with Crippen LogP contribution in [0.15, 0.2) is 36.5 Å². The van der Waals surface area contributed by atoms with Gasteiger partial charge in [0.1, 0.15) is 11.5 Å². The van der Waals surface area contributed by atoms with Crippen LogP contribution in [-0.2, 0) is 0 Å². The normalized spacial score (nSPS) is 12.2. The average Bonchev–Trinajstić information content (AvgIpc) is 2.84. The molecule has 0 fully saturated rings. The Labute approximate surface area is 115 Å². The van der Waals surface area contributed by atoms with E-state index in [1.807, 2.05) is 0 Å². The molecule has 20 heavy (non-hydrogen) atoms. The Kier molecular flexibility index (Phi) is 3.70. The second kappa shape index (κ2) is 5.28. The molecular weight excluding hydrogens is 261 g/mol. The first kappa shape index (κ1) is 14.0. The summed E-state index contributed by atoms with van der Waals surface area (Å²) in [6.45, 7) is 3.05. The number of Topliss-reactive ketones (excluding diaryl/α,β-unsaturated/α-hetero) is 1. The molecule has 0 aliphatic heterocycles. The van der Waals surface area contributed by atoms with Crippen LogP contribution in [0.4, 0.5) is 4.39 Å². The summed E-state index contributed by atoms with van der Waals surface area (Å²) in [5.74, 6) is -1.79. The Morgan fingerprint density at radius 3 is 2.50 bits per heavy atom. The summed E-state index contributed by atoms with van der Waals surface area (Å²) < 4.78 is 15.2. The third-order valence-electron chi connectivity index (χ3n) is 3.25. The zero-order valence-corrected chi connectivity index (χ0v) is 11.1. The van der Waals surface area contributed by atoms with E-state index in [-0.39, 0.29) is 11.5 Å². The van der Waals surface area contributed by atoms with Gasteiger partial charge in [0, 0.05) is 17.3 Å². The van der Waals surface area contributed by atoms with Crippen LogP contribution >= 0.6 is 0 Å². The highest BCUT2D eigenvalue weighted by molar-refractivity contribution is 5.97. The molecule has 2 aromatic rings. The van der Waals surface area contributed by atoms with Gasteiger partial charge in [-0.1, -0.05) is 18.2 Å². The molecule has 5 heteroatoms. The zero-order chi connectivity index (χ0) is 14.9. The van der Waals surface area contributed by atoms with Crippen molar-refractivity contribution < 1.29 is 19.1 Å². The summed E-state index contributed by atoms with van der Waals surface area (Å²) in [5, 5.41) is 9.20. The highest BCUT2D eigenvalue weighted by Crippen LogP contribution is 2.24. The van der Waals surface area contributed by atoms with Crippen molar-refractivity contribution in [2.75, 3.05) is 0 Å². The molecule has 0 spiro atoms. The first-order valence-corrected chi connectivity index (χ1v) is 6.12. The van der Waals surface area contributed by atoms with E-state index in [1.165, 1.54) is 29.8 Å². The maximum absolute atomic E-state index is 13.8. The van der Waals surface area contributed by atoms with Crippen LogP contribution in [0.1, 0.15) is 46.3 Å². The summed E-state index contributed by atoms with van der Waals surface area (Å²) in [6.07, 6.45) is 1.45. The molecule has 0 saturated heterocycles. The van der Waals surface area contributed by atoms with Crippen molar-refractivity contribution >= 4 is 11.8 Å². The maximum atomic E-state index is 13.8. The molecular formula is C15H14FNO3. The summed E-state index contributed by atoms with van der Waals surface area (Å²) in [5.41, 5.74) is 0.636. The fourth-order valence-electron chi connectivity index (χ4n) is 2.13. The topological polar surface area (TPSA) is 59.3 Å². The van der Waals surface area contributed by atoms with Crippen molar-refractivity contribution in [3.05, 3.63) is 59.2 Å². The Morgan fingerprint density at radius 1 is 1.30 bits per heavy atom. The van der Waals surface area contributed by atoms with Crippen LogP contribution < -0.4 is 0 Å². The first-order valence-electron chi connectivity index (χ1n) is 6.12. The number of carbonyl (C=O) groups excluding carboxylic acids is 1. The summed E-state index contributed by atoms with van der Waals surface area (Å²) in [6, 6.07) is 6.96. The van der Waals surface area contributed by atoms with Gasteiger partial charge in [-0.25, -0.2) is 9.18 Å². The number of carbonyl (C=O) groups is 2. The van der Waals surface area contributed by atoms with E-state index >= 15 is 0 Å². The Hall–Kier alpha value is -2.43. The number of ketones is 1. The lowest BCUT2D eigenvalue weighted by Gasteiger charge is -2.16. The summed E-state index contributed by atoms with van der Waals surface area (Å²) in [7, 11) is 0. The predicted octanol–water partition coefficient (Wildman–Crippen LogP) is 3.14. The van der Waals surface area contributed by atoms with Gasteiger partial charge in [0.05, 0.1) is 6.04 Å². The van der Waals surface area contributed by atoms with Crippen LogP contribution in [0, 0.1) is 5.82 Å². The van der Waals surface area contributed by atoms with E-state index in [9.17, 15) is 19.1 Å². The fourth-order valence-corrected chi connectivity index (χ4v) is 2.13. The molecule has 2 rings (SSSR count). The number of halogens is 1. The van der Waals surface area contributed by atoms with Crippen molar-refractivity contribution in [3.8, 4) is 0 Å². The van der Waals surface area contributed by atoms with E-state index in [4.69, 9.17) is 0 Å². The number of benzene rings is 1. The molecule has 1 aromatic heterocycles. The van der Waals surface area contributed by atoms with Crippen LogP contribution in [0.2, 0.25) is 0 Å². The molecule has 0 radical (unpaired) electrons. The summed E-state index contributed by atoms with van der Waals surface area (Å²) in [4.78, 5) is 22.6. The van der Waals surface area contributed by atoms with Gasteiger partial charge >= 0.3 is 5.97 Å². The first-order chi connectivity index (χ1) is 9.41. The molecule has 0 aliphatic rings. The van der Waals surface area contributed by atoms with E-state index < -0.39 is 17.8 Å². The molecule has 0 aliphatic carbocycles. The lowest BCUT2D eigenvalue weighted by molar-refractivity contribution is 0.0684. The smallest absolute Gasteiger partial charge is 0.352 e. The minimum atomic E-state index is -1.15. The SMILES string of the molecule is CC(=O)c1cc(C(=O)O)n(C(C)c2ccccc2F)c1. The number of hydrogen-bond donors (Lipinski definition) is 1. The monoisotopic (exact) mass is 275 g/mol. The van der Waals surface area contributed by atoms with Crippen molar-refractivity contribution in [1.82, 2.24) is 4.57 Å². The van der Waals surface area contributed by atoms with Gasteiger partial charge in [-0.05, 0) is 26.0 Å². The van der Waals surface area contributed by atoms with Crippen molar-refractivity contribution in [1.29, 1.82) is 0 Å². The molecule has 0 saturated carbocycles. The number of hydrogen-bond acceptors (Lipinski definition) is 2. The highest BCUT2D eigenvalue weighted by atomic mass is 19.1. The highest BCUT2D eigenvalue weighted by Gasteiger charge is 2.20. The van der Waals surface area contributed by atoms with Crippen molar-refractivity contribution in [2.24, 2.45) is 0 Å². The van der Waals surface area contributed by atoms with E-state index in [1.54, 1.807) is 25.1 Å². The van der Waals surface area contributed by atoms with Gasteiger partial charge in [-0.3, -0.25) is 4.79 Å². The van der Waals surface area contributed by atoms with Crippen LogP contribution in [0.25, 0.3) is 0 Å². The van der Waals surface area contributed by atoms with Crippen LogP contribution in [0.5, 0.6) is 0 Å². The van der Waals surface area contributed by atoms with Gasteiger partial charge in [0.2, 0.25) is 0 Å². The van der Waals surface area contributed by atoms with Gasteiger partial charge in [0.15, 0.2) is 5.78 Å². The predicted molar refractivity (Wildman–Crippen MR) is 71.6 cm³/mol. The van der Waals surface area contributed by atoms with Gasteiger partial charge in [-0.2, -0.15) is 0 Å². The van der Waals surface area contributed by atoms with E-state index in [0.717, 1.165) is 0 Å². The zero-order valence-electron chi connectivity index (χ0n) is 11.1. The number of aromatic nitrogens is 1.